The average molecular weight is 328 g/mol. The number of nitrogens with zero attached hydrogens (tertiary/aromatic N) is 1. The molecule has 0 spiro atoms. The Kier molecular flexibility index (Phi) is 4.97. The van der Waals surface area contributed by atoms with Crippen LogP contribution < -0.4 is 0 Å². The van der Waals surface area contributed by atoms with Crippen molar-refractivity contribution >= 4 is 21.8 Å². The summed E-state index contributed by atoms with van der Waals surface area (Å²) >= 11 is 3.27. The highest BCUT2D eigenvalue weighted by molar-refractivity contribution is 9.10. The number of likely N-dealkylation sites (tertiary alicyclic amines) is 1. The molecule has 1 aliphatic heterocycles. The molecule has 1 aromatic rings. The van der Waals surface area contributed by atoms with Crippen molar-refractivity contribution in [2.75, 3.05) is 13.1 Å². The molecule has 19 heavy (non-hydrogen) atoms. The van der Waals surface area contributed by atoms with Gasteiger partial charge in [0.2, 0.25) is 0 Å². The van der Waals surface area contributed by atoms with Crippen LogP contribution in [0.15, 0.2) is 22.7 Å². The third kappa shape index (κ3) is 3.56. The molecule has 1 atom stereocenters. The van der Waals surface area contributed by atoms with E-state index in [0.29, 0.717) is 10.0 Å². The maximum atomic E-state index is 13.1. The van der Waals surface area contributed by atoms with Gasteiger partial charge >= 0.3 is 0 Å². The van der Waals surface area contributed by atoms with E-state index < -0.39 is 0 Å². The Morgan fingerprint density at radius 1 is 1.42 bits per heavy atom. The van der Waals surface area contributed by atoms with E-state index >= 15 is 0 Å². The number of carbonyl (C=O) groups excluding carboxylic acids is 1. The minimum absolute atomic E-state index is 0.00336. The molecule has 1 unspecified atom stereocenters. The molecule has 0 radical (unpaired) electrons. The number of halogens is 2. The zero-order valence-electron chi connectivity index (χ0n) is 11.2. The van der Waals surface area contributed by atoms with E-state index in [2.05, 4.69) is 22.9 Å². The van der Waals surface area contributed by atoms with E-state index in [-0.39, 0.29) is 11.7 Å². The van der Waals surface area contributed by atoms with Crippen molar-refractivity contribution in [3.63, 3.8) is 0 Å². The topological polar surface area (TPSA) is 20.3 Å². The summed E-state index contributed by atoms with van der Waals surface area (Å²) in [6, 6.07) is 4.24. The minimum atomic E-state index is -0.328. The first-order chi connectivity index (χ1) is 9.11. The third-order valence-corrected chi connectivity index (χ3v) is 4.53. The zero-order valence-corrected chi connectivity index (χ0v) is 12.7. The second kappa shape index (κ2) is 6.51. The largest absolute Gasteiger partial charge is 0.339 e. The molecule has 0 aliphatic carbocycles. The molecule has 2 nitrogen and oxygen atoms in total. The van der Waals surface area contributed by atoms with E-state index in [0.717, 1.165) is 31.8 Å². The van der Waals surface area contributed by atoms with Crippen molar-refractivity contribution in [3.05, 3.63) is 34.1 Å². The van der Waals surface area contributed by atoms with Gasteiger partial charge in [-0.05, 0) is 59.3 Å². The number of hydrogen-bond donors (Lipinski definition) is 0. The maximum Gasteiger partial charge on any atom is 0.255 e. The average Bonchev–Trinajstić information content (AvgIpc) is 2.63. The van der Waals surface area contributed by atoms with Crippen LogP contribution in [0.2, 0.25) is 0 Å². The van der Waals surface area contributed by atoms with Gasteiger partial charge in [-0.25, -0.2) is 4.39 Å². The van der Waals surface area contributed by atoms with Crippen LogP contribution >= 0.6 is 15.9 Å². The summed E-state index contributed by atoms with van der Waals surface area (Å²) in [6.07, 6.45) is 4.51. The lowest BCUT2D eigenvalue weighted by Gasteiger charge is -2.21. The molecule has 1 amide bonds. The number of amides is 1. The van der Waals surface area contributed by atoms with Gasteiger partial charge in [-0.3, -0.25) is 4.79 Å². The Labute approximate surface area is 122 Å². The summed E-state index contributed by atoms with van der Waals surface area (Å²) in [5.74, 6) is 0.406. The Balaban J connectivity index is 2.10. The van der Waals surface area contributed by atoms with Crippen molar-refractivity contribution in [1.82, 2.24) is 4.90 Å². The molecule has 2 rings (SSSR count). The van der Waals surface area contributed by atoms with Crippen LogP contribution in [0, 0.1) is 11.7 Å². The summed E-state index contributed by atoms with van der Waals surface area (Å²) in [7, 11) is 0. The Morgan fingerprint density at radius 2 is 2.21 bits per heavy atom. The molecule has 0 N–H and O–H groups in total. The predicted octanol–water partition coefficient (Wildman–Crippen LogP) is 4.24. The maximum absolute atomic E-state index is 13.1. The number of hydrogen-bond acceptors (Lipinski definition) is 1. The second-order valence-electron chi connectivity index (χ2n) is 5.12. The summed E-state index contributed by atoms with van der Waals surface area (Å²) < 4.78 is 13.6. The van der Waals surface area contributed by atoms with Crippen LogP contribution in [0.4, 0.5) is 4.39 Å². The lowest BCUT2D eigenvalue weighted by Crippen LogP contribution is -2.32. The molecule has 0 aromatic heterocycles. The van der Waals surface area contributed by atoms with E-state index in [9.17, 15) is 9.18 Å². The summed E-state index contributed by atoms with van der Waals surface area (Å²) in [5.41, 5.74) is 0.552. The molecule has 1 heterocycles. The van der Waals surface area contributed by atoms with Crippen molar-refractivity contribution in [1.29, 1.82) is 0 Å². The van der Waals surface area contributed by atoms with Gasteiger partial charge in [0, 0.05) is 17.6 Å². The molecule has 1 aromatic carbocycles. The lowest BCUT2D eigenvalue weighted by molar-refractivity contribution is 0.0759. The fraction of sp³-hybridized carbons (Fsp3) is 0.533. The van der Waals surface area contributed by atoms with Gasteiger partial charge in [0.05, 0.1) is 5.56 Å². The predicted molar refractivity (Wildman–Crippen MR) is 77.6 cm³/mol. The Morgan fingerprint density at radius 3 is 2.89 bits per heavy atom. The highest BCUT2D eigenvalue weighted by Crippen LogP contribution is 2.24. The molecular weight excluding hydrogens is 309 g/mol. The lowest BCUT2D eigenvalue weighted by atomic mass is 9.98. The van der Waals surface area contributed by atoms with Gasteiger partial charge in [-0.15, -0.1) is 0 Å². The fourth-order valence-corrected chi connectivity index (χ4v) is 3.13. The van der Waals surface area contributed by atoms with Crippen LogP contribution in [0.25, 0.3) is 0 Å². The number of benzene rings is 1. The van der Waals surface area contributed by atoms with Crippen LogP contribution in [0.1, 0.15) is 43.0 Å². The van der Waals surface area contributed by atoms with Crippen LogP contribution in [-0.4, -0.2) is 23.9 Å². The van der Waals surface area contributed by atoms with Gasteiger partial charge in [0.15, 0.2) is 0 Å². The van der Waals surface area contributed by atoms with E-state index in [4.69, 9.17) is 0 Å². The van der Waals surface area contributed by atoms with Crippen molar-refractivity contribution < 1.29 is 9.18 Å². The molecule has 1 aliphatic rings. The highest BCUT2D eigenvalue weighted by Gasteiger charge is 2.22. The van der Waals surface area contributed by atoms with Crippen LogP contribution in [0.5, 0.6) is 0 Å². The molecule has 4 heteroatoms. The fourth-order valence-electron chi connectivity index (χ4n) is 2.61. The Bertz CT molecular complexity index is 463. The quantitative estimate of drug-likeness (QED) is 0.795. The highest BCUT2D eigenvalue weighted by atomic mass is 79.9. The van der Waals surface area contributed by atoms with Gasteiger partial charge < -0.3 is 4.90 Å². The van der Waals surface area contributed by atoms with Crippen molar-refractivity contribution in [2.45, 2.75) is 32.6 Å². The van der Waals surface area contributed by atoms with Crippen molar-refractivity contribution in [2.24, 2.45) is 5.92 Å². The first-order valence-corrected chi connectivity index (χ1v) is 7.65. The van der Waals surface area contributed by atoms with Gasteiger partial charge in [0.25, 0.3) is 5.91 Å². The SMILES string of the molecule is CCC1CCCN(C(=O)c2ccc(F)cc2Br)CC1. The molecular formula is C15H19BrFNO. The second-order valence-corrected chi connectivity index (χ2v) is 5.98. The van der Waals surface area contributed by atoms with Crippen molar-refractivity contribution in [3.8, 4) is 0 Å². The molecule has 0 bridgehead atoms. The third-order valence-electron chi connectivity index (χ3n) is 3.87. The number of rotatable bonds is 2. The normalized spacial score (nSPS) is 20.2. The van der Waals surface area contributed by atoms with Gasteiger partial charge in [-0.2, -0.15) is 0 Å². The summed E-state index contributed by atoms with van der Waals surface area (Å²) in [6.45, 7) is 3.82. The van der Waals surface area contributed by atoms with Crippen LogP contribution in [0.3, 0.4) is 0 Å². The number of carbonyl (C=O) groups is 1. The first kappa shape index (κ1) is 14.5. The smallest absolute Gasteiger partial charge is 0.255 e. The van der Waals surface area contributed by atoms with Gasteiger partial charge in [0.1, 0.15) is 5.82 Å². The standard InChI is InChI=1S/C15H19BrFNO/c1-2-11-4-3-8-18(9-7-11)15(19)13-6-5-12(17)10-14(13)16/h5-6,10-11H,2-4,7-9H2,1H3. The van der Waals surface area contributed by atoms with E-state index in [1.54, 1.807) is 6.07 Å². The van der Waals surface area contributed by atoms with Gasteiger partial charge in [-0.1, -0.05) is 13.3 Å². The minimum Gasteiger partial charge on any atom is -0.339 e. The zero-order chi connectivity index (χ0) is 13.8. The Hall–Kier alpha value is -0.900. The first-order valence-electron chi connectivity index (χ1n) is 6.86. The van der Waals surface area contributed by atoms with E-state index in [1.807, 2.05) is 4.90 Å². The molecule has 1 fully saturated rings. The van der Waals surface area contributed by atoms with Crippen LogP contribution in [-0.2, 0) is 0 Å². The summed E-state index contributed by atoms with van der Waals surface area (Å²) in [4.78, 5) is 14.3. The summed E-state index contributed by atoms with van der Waals surface area (Å²) in [5, 5.41) is 0. The molecule has 0 saturated carbocycles. The monoisotopic (exact) mass is 327 g/mol. The molecule has 104 valence electrons. The van der Waals surface area contributed by atoms with E-state index in [1.165, 1.54) is 25.0 Å². The molecule has 1 saturated heterocycles.